The molecule has 1 aliphatic rings. The predicted molar refractivity (Wildman–Crippen MR) is 98.6 cm³/mol. The molecule has 0 spiro atoms. The molecule has 6 N–H and O–H groups in total. The number of aromatic nitrogens is 2. The number of alkyl halides is 1. The third-order valence-corrected chi connectivity index (χ3v) is 6.70. The quantitative estimate of drug-likeness (QED) is 0.168. The second kappa shape index (κ2) is 7.48. The highest BCUT2D eigenvalue weighted by Crippen LogP contribution is 2.61. The Hall–Kier alpha value is -1.13. The molecule has 5 atom stereocenters. The van der Waals surface area contributed by atoms with Gasteiger partial charge in [0, 0.05) is 0 Å². The minimum Gasteiger partial charge on any atom is -0.386 e. The first kappa shape index (κ1) is 25.1. The number of hydrogen-bond acceptors (Lipinski definition) is 9. The number of nitrogens with one attached hydrogen (secondary N) is 1. The number of aromatic amines is 1. The summed E-state index contributed by atoms with van der Waals surface area (Å²) in [5, 5.41) is 17.8. The van der Waals surface area contributed by atoms with E-state index in [-0.39, 0.29) is 10.8 Å². The third-order valence-electron chi connectivity index (χ3n) is 4.33. The van der Waals surface area contributed by atoms with Crippen LogP contribution in [0.1, 0.15) is 0 Å². The lowest BCUT2D eigenvalue weighted by atomic mass is 9.59. The summed E-state index contributed by atoms with van der Waals surface area (Å²) in [5.41, 5.74) is -5.38. The van der Waals surface area contributed by atoms with Gasteiger partial charge in [0.2, 0.25) is 5.82 Å². The highest BCUT2D eigenvalue weighted by atomic mass is 31.3. The molecular weight excluding hydrogens is 460 g/mol. The normalized spacial score (nSPS) is 32.1. The average molecular weight is 476 g/mol. The van der Waals surface area contributed by atoms with Gasteiger partial charge in [0.25, 0.3) is 11.4 Å². The number of phosphoric ester groups is 1. The van der Waals surface area contributed by atoms with Crippen LogP contribution in [0.25, 0.3) is 0 Å². The number of aliphatic hydroxyl groups is 2. The van der Waals surface area contributed by atoms with Crippen LogP contribution < -0.4 is 11.2 Å². The lowest BCUT2D eigenvalue weighted by molar-refractivity contribution is -0.240. The molecule has 0 saturated carbocycles. The summed E-state index contributed by atoms with van der Waals surface area (Å²) in [6, 6.07) is 0. The lowest BCUT2D eigenvalue weighted by Crippen LogP contribution is -2.60. The number of H-pyrrole nitrogens is 1. The van der Waals surface area contributed by atoms with Gasteiger partial charge in [0.15, 0.2) is 7.85 Å². The van der Waals surface area contributed by atoms with Gasteiger partial charge in [-0.25, -0.2) is 18.3 Å². The molecule has 1 fully saturated rings. The van der Waals surface area contributed by atoms with Crippen molar-refractivity contribution in [1.82, 2.24) is 9.55 Å². The SMILES string of the molecule is BC(B)(OP(=O)(O)OP(=O)(O)O)[C@@]1(F)O[C@@](B)(n2cc(F)c(=O)[nH]c2=O)[C@H](O)[C@@H]1O. The Morgan fingerprint density at radius 1 is 1.23 bits per heavy atom. The number of phosphoric acid groups is 2. The molecule has 166 valence electrons. The standard InChI is InChI=1S/C9H15B3F2N2O12P2/c10-8(16-1-2(13)5(19)15-6(16)20)4(18)3(17)7(14,26-8)9(11,12)27-30(24,25)28-29(21,22)23/h1,3-4,17-18H,10-12H2,(H,24,25)(H,15,19,20)(H2,21,22,23)/t3-,4+,7-,8-/m0/s1. The Labute approximate surface area is 167 Å². The van der Waals surface area contributed by atoms with Gasteiger partial charge in [0.1, 0.15) is 33.5 Å². The van der Waals surface area contributed by atoms with Crippen LogP contribution in [0.5, 0.6) is 0 Å². The zero-order valence-electron chi connectivity index (χ0n) is 15.4. The van der Waals surface area contributed by atoms with E-state index in [9.17, 15) is 38.2 Å². The topological polar surface area (TPSA) is 218 Å². The van der Waals surface area contributed by atoms with E-state index < -0.39 is 61.8 Å². The summed E-state index contributed by atoms with van der Waals surface area (Å²) in [5.74, 6) is -5.16. The first-order valence-corrected chi connectivity index (χ1v) is 10.9. The van der Waals surface area contributed by atoms with Crippen molar-refractivity contribution >= 4 is 39.2 Å². The van der Waals surface area contributed by atoms with Crippen molar-refractivity contribution in [3.63, 3.8) is 0 Å². The van der Waals surface area contributed by atoms with Gasteiger partial charge in [-0.2, -0.15) is 8.70 Å². The van der Waals surface area contributed by atoms with E-state index in [1.807, 2.05) is 0 Å². The maximum absolute atomic E-state index is 15.7. The summed E-state index contributed by atoms with van der Waals surface area (Å²) in [7, 11) is -9.04. The minimum absolute atomic E-state index is 0.222. The number of hydrogen-bond donors (Lipinski definition) is 6. The van der Waals surface area contributed by atoms with Crippen molar-refractivity contribution in [3.05, 3.63) is 32.9 Å². The van der Waals surface area contributed by atoms with Crippen LogP contribution in [0.2, 0.25) is 0 Å². The van der Waals surface area contributed by atoms with Gasteiger partial charge in [-0.05, 0) is 0 Å². The first-order valence-electron chi connectivity index (χ1n) is 7.83. The van der Waals surface area contributed by atoms with E-state index in [0.717, 1.165) is 7.85 Å². The van der Waals surface area contributed by atoms with Crippen molar-refractivity contribution in [2.45, 2.75) is 29.1 Å². The van der Waals surface area contributed by atoms with Gasteiger partial charge >= 0.3 is 21.3 Å². The monoisotopic (exact) mass is 476 g/mol. The predicted octanol–water partition coefficient (Wildman–Crippen LogP) is -5.52. The van der Waals surface area contributed by atoms with Crippen molar-refractivity contribution in [2.24, 2.45) is 0 Å². The Morgan fingerprint density at radius 2 is 1.77 bits per heavy atom. The van der Waals surface area contributed by atoms with Crippen LogP contribution >= 0.6 is 15.6 Å². The van der Waals surface area contributed by atoms with E-state index in [4.69, 9.17) is 14.5 Å². The summed E-state index contributed by atoms with van der Waals surface area (Å²) in [6.07, 6.45) is -4.69. The summed E-state index contributed by atoms with van der Waals surface area (Å²) in [4.78, 5) is 51.5. The molecule has 1 saturated heterocycles. The number of aliphatic hydroxyl groups excluding tert-OH is 2. The first-order chi connectivity index (χ1) is 13.3. The Morgan fingerprint density at radius 3 is 2.27 bits per heavy atom. The fourth-order valence-electron chi connectivity index (χ4n) is 2.87. The van der Waals surface area contributed by atoms with Gasteiger partial charge in [-0.15, -0.1) is 0 Å². The molecule has 30 heavy (non-hydrogen) atoms. The number of ether oxygens (including phenoxy) is 1. The fourth-order valence-corrected chi connectivity index (χ4v) is 4.78. The zero-order valence-corrected chi connectivity index (χ0v) is 17.2. The molecule has 0 aromatic carbocycles. The van der Waals surface area contributed by atoms with Crippen LogP contribution in [0.15, 0.2) is 15.8 Å². The van der Waals surface area contributed by atoms with Crippen molar-refractivity contribution in [3.8, 4) is 0 Å². The molecule has 1 aromatic rings. The van der Waals surface area contributed by atoms with Crippen molar-refractivity contribution in [2.75, 3.05) is 0 Å². The van der Waals surface area contributed by atoms with Crippen LogP contribution in [-0.2, 0) is 28.3 Å². The molecule has 2 heterocycles. The number of rotatable bonds is 6. The second-order valence-corrected chi connectivity index (χ2v) is 9.69. The Kier molecular flexibility index (Phi) is 6.27. The summed E-state index contributed by atoms with van der Waals surface area (Å²) < 4.78 is 65.0. The van der Waals surface area contributed by atoms with E-state index in [1.165, 1.54) is 4.98 Å². The van der Waals surface area contributed by atoms with Gasteiger partial charge < -0.3 is 29.6 Å². The third kappa shape index (κ3) is 4.41. The second-order valence-electron chi connectivity index (χ2n) is 6.94. The molecular formula is C9H15B3F2N2O12P2. The molecule has 0 amide bonds. The molecule has 0 radical (unpaired) electrons. The van der Waals surface area contributed by atoms with Gasteiger partial charge in [-0.1, -0.05) is 0 Å². The minimum atomic E-state index is -5.67. The molecule has 1 aromatic heterocycles. The van der Waals surface area contributed by atoms with Crippen LogP contribution in [0.4, 0.5) is 8.78 Å². The molecule has 1 aliphatic heterocycles. The van der Waals surface area contributed by atoms with Crippen LogP contribution in [0.3, 0.4) is 0 Å². The smallest absolute Gasteiger partial charge is 0.386 e. The van der Waals surface area contributed by atoms with E-state index in [0.29, 0.717) is 15.7 Å². The molecule has 2 rings (SSSR count). The van der Waals surface area contributed by atoms with Crippen LogP contribution in [0, 0.1) is 5.82 Å². The van der Waals surface area contributed by atoms with Crippen molar-refractivity contribution in [1.29, 1.82) is 0 Å². The number of nitrogens with zero attached hydrogens (tertiary/aromatic N) is 1. The van der Waals surface area contributed by atoms with E-state index >= 15 is 4.39 Å². The van der Waals surface area contributed by atoms with Gasteiger partial charge in [0.05, 0.1) is 11.6 Å². The van der Waals surface area contributed by atoms with Gasteiger partial charge in [-0.3, -0.25) is 18.9 Å². The molecule has 14 nitrogen and oxygen atoms in total. The fraction of sp³-hybridized carbons (Fsp3) is 0.556. The summed E-state index contributed by atoms with van der Waals surface area (Å²) >= 11 is 0. The highest BCUT2D eigenvalue weighted by Gasteiger charge is 2.69. The van der Waals surface area contributed by atoms with Crippen molar-refractivity contribution < 1.29 is 56.4 Å². The molecule has 1 unspecified atom stereocenters. The van der Waals surface area contributed by atoms with Crippen LogP contribution in [-0.4, -0.2) is 81.4 Å². The molecule has 0 bridgehead atoms. The highest BCUT2D eigenvalue weighted by molar-refractivity contribution is 7.60. The van der Waals surface area contributed by atoms with E-state index in [2.05, 4.69) is 8.83 Å². The lowest BCUT2D eigenvalue weighted by Gasteiger charge is -2.40. The van der Waals surface area contributed by atoms with E-state index in [1.54, 1.807) is 0 Å². The Balaban J connectivity index is 2.51. The summed E-state index contributed by atoms with van der Waals surface area (Å²) in [6.45, 7) is 0. The maximum Gasteiger partial charge on any atom is 0.480 e. The molecule has 21 heteroatoms. The maximum atomic E-state index is 15.7. The largest absolute Gasteiger partial charge is 0.480 e. The number of halogens is 2. The average Bonchev–Trinajstić information content (AvgIpc) is 2.70. The zero-order chi connectivity index (χ0) is 23.5. The molecule has 0 aliphatic carbocycles. The Bertz CT molecular complexity index is 1060.